The molecule has 9 heteroatoms. The van der Waals surface area contributed by atoms with E-state index in [-0.39, 0.29) is 11.4 Å². The van der Waals surface area contributed by atoms with Crippen LogP contribution in [0.3, 0.4) is 0 Å². The summed E-state index contributed by atoms with van der Waals surface area (Å²) in [5.74, 6) is 0.207. The Kier molecular flexibility index (Phi) is 4.12. The number of benzene rings is 1. The lowest BCUT2D eigenvalue weighted by Crippen LogP contribution is -2.28. The van der Waals surface area contributed by atoms with Gasteiger partial charge in [0.1, 0.15) is 0 Å². The molecule has 0 radical (unpaired) electrons. The van der Waals surface area contributed by atoms with E-state index in [0.29, 0.717) is 27.5 Å². The van der Waals surface area contributed by atoms with E-state index >= 15 is 0 Å². The Morgan fingerprint density at radius 1 is 1.12 bits per heavy atom. The molecule has 128 valence electrons. The molecule has 0 aliphatic heterocycles. The first-order chi connectivity index (χ1) is 11.7. The number of alkyl halides is 3. The Labute approximate surface area is 141 Å². The first-order valence-corrected chi connectivity index (χ1v) is 7.46. The van der Waals surface area contributed by atoms with Gasteiger partial charge in [0.15, 0.2) is 11.5 Å². The van der Waals surface area contributed by atoms with Gasteiger partial charge in [-0.15, -0.1) is 5.10 Å². The highest BCUT2D eigenvalue weighted by Crippen LogP contribution is 2.36. The Morgan fingerprint density at radius 3 is 2.48 bits per heavy atom. The third kappa shape index (κ3) is 3.14. The monoisotopic (exact) mass is 346 g/mol. The van der Waals surface area contributed by atoms with Crippen molar-refractivity contribution in [3.8, 4) is 11.1 Å². The molecular formula is C16H14BF3N4O. The summed E-state index contributed by atoms with van der Waals surface area (Å²) in [6, 6.07) is 6.01. The van der Waals surface area contributed by atoms with Gasteiger partial charge in [0, 0.05) is 22.5 Å². The number of pyridine rings is 1. The predicted octanol–water partition coefficient (Wildman–Crippen LogP) is 2.42. The van der Waals surface area contributed by atoms with Gasteiger partial charge in [0.25, 0.3) is 0 Å². The number of anilines is 1. The number of fused-ring (bicyclic) bond motifs is 1. The van der Waals surface area contributed by atoms with E-state index in [9.17, 15) is 18.2 Å². The summed E-state index contributed by atoms with van der Waals surface area (Å²) in [4.78, 5) is 3.53. The van der Waals surface area contributed by atoms with E-state index in [4.69, 9.17) is 5.73 Å². The maximum absolute atomic E-state index is 13.4. The molecule has 0 fully saturated rings. The van der Waals surface area contributed by atoms with Crippen LogP contribution in [0.25, 0.3) is 21.9 Å². The molecule has 0 aliphatic rings. The number of hydrogen-bond donors (Lipinski definition) is 2. The van der Waals surface area contributed by atoms with Crippen LogP contribution in [0, 0.1) is 6.92 Å². The molecule has 0 unspecified atom stereocenters. The second-order valence-electron chi connectivity index (χ2n) is 5.77. The minimum absolute atomic E-state index is 0.109. The molecule has 3 rings (SSSR count). The molecular weight excluding hydrogens is 332 g/mol. The van der Waals surface area contributed by atoms with E-state index in [2.05, 4.69) is 15.2 Å². The van der Waals surface area contributed by atoms with Crippen LogP contribution in [-0.2, 0) is 6.18 Å². The van der Waals surface area contributed by atoms with Gasteiger partial charge in [-0.25, -0.2) is 0 Å². The van der Waals surface area contributed by atoms with Crippen molar-refractivity contribution in [2.75, 3.05) is 5.73 Å². The molecule has 0 amide bonds. The van der Waals surface area contributed by atoms with E-state index in [0.717, 1.165) is 6.20 Å². The smallest absolute Gasteiger partial charge is 0.433 e. The molecule has 3 N–H and O–H groups in total. The van der Waals surface area contributed by atoms with Crippen LogP contribution in [0.2, 0.25) is 6.82 Å². The van der Waals surface area contributed by atoms with Crippen molar-refractivity contribution in [1.29, 1.82) is 0 Å². The molecule has 0 atom stereocenters. The van der Waals surface area contributed by atoms with E-state index in [1.807, 2.05) is 0 Å². The summed E-state index contributed by atoms with van der Waals surface area (Å²) < 4.78 is 40.1. The maximum Gasteiger partial charge on any atom is 0.433 e. The van der Waals surface area contributed by atoms with Crippen LogP contribution >= 0.6 is 0 Å². The number of nitrogens with two attached hydrogens (primary N) is 1. The number of hydrogen-bond acceptors (Lipinski definition) is 5. The molecule has 0 spiro atoms. The van der Waals surface area contributed by atoms with Crippen LogP contribution in [-0.4, -0.2) is 27.1 Å². The van der Waals surface area contributed by atoms with Crippen molar-refractivity contribution in [3.63, 3.8) is 0 Å². The SMILES string of the molecule is CB(O)c1cnc(C(F)(F)F)c(-c2ccc3c(N)nnc(C)c3c2)c1. The zero-order chi connectivity index (χ0) is 18.4. The highest BCUT2D eigenvalue weighted by molar-refractivity contribution is 6.64. The van der Waals surface area contributed by atoms with Gasteiger partial charge in [-0.2, -0.15) is 18.3 Å². The molecule has 2 heterocycles. The fourth-order valence-electron chi connectivity index (χ4n) is 2.63. The van der Waals surface area contributed by atoms with Gasteiger partial charge in [0.05, 0.1) is 5.69 Å². The van der Waals surface area contributed by atoms with Crippen LogP contribution < -0.4 is 11.2 Å². The largest absolute Gasteiger partial charge is 0.446 e. The average Bonchev–Trinajstić information content (AvgIpc) is 2.56. The summed E-state index contributed by atoms with van der Waals surface area (Å²) >= 11 is 0. The molecule has 25 heavy (non-hydrogen) atoms. The fourth-order valence-corrected chi connectivity index (χ4v) is 2.63. The molecule has 1 aromatic carbocycles. The predicted molar refractivity (Wildman–Crippen MR) is 90.4 cm³/mol. The zero-order valence-electron chi connectivity index (χ0n) is 13.5. The average molecular weight is 346 g/mol. The molecule has 0 aliphatic carbocycles. The fraction of sp³-hybridized carbons (Fsp3) is 0.188. The van der Waals surface area contributed by atoms with Gasteiger partial charge >= 0.3 is 13.1 Å². The normalized spacial score (nSPS) is 11.8. The summed E-state index contributed by atoms with van der Waals surface area (Å²) in [5.41, 5.74) is 5.82. The van der Waals surface area contributed by atoms with E-state index in [1.54, 1.807) is 19.1 Å². The second kappa shape index (κ2) is 6.00. The maximum atomic E-state index is 13.4. The Balaban J connectivity index is 2.29. The number of aromatic nitrogens is 3. The Hall–Kier alpha value is -2.68. The number of nitrogen functional groups attached to an aromatic ring is 1. The molecule has 0 saturated heterocycles. The number of aryl methyl sites for hydroxylation is 1. The van der Waals surface area contributed by atoms with Crippen molar-refractivity contribution in [1.82, 2.24) is 15.2 Å². The van der Waals surface area contributed by atoms with Crippen molar-refractivity contribution < 1.29 is 18.2 Å². The number of halogens is 3. The first kappa shape index (κ1) is 17.2. The highest BCUT2D eigenvalue weighted by atomic mass is 19.4. The lowest BCUT2D eigenvalue weighted by atomic mass is 9.64. The highest BCUT2D eigenvalue weighted by Gasteiger charge is 2.36. The van der Waals surface area contributed by atoms with Gasteiger partial charge in [-0.3, -0.25) is 4.98 Å². The standard InChI is InChI=1S/C16H14BF3N4O/c1-8-12-5-9(3-4-11(12)15(21)24-23-8)13-6-10(17(2)25)7-22-14(13)16(18,19)20/h3-7,25H,1-2H3,(H2,21,24). The third-order valence-corrected chi connectivity index (χ3v) is 3.96. The number of nitrogens with zero attached hydrogens (tertiary/aromatic N) is 3. The van der Waals surface area contributed by atoms with Crippen molar-refractivity contribution in [2.45, 2.75) is 19.9 Å². The van der Waals surface area contributed by atoms with E-state index in [1.165, 1.54) is 19.0 Å². The third-order valence-electron chi connectivity index (χ3n) is 3.96. The molecule has 5 nitrogen and oxygen atoms in total. The second-order valence-corrected chi connectivity index (χ2v) is 5.77. The Morgan fingerprint density at radius 2 is 1.84 bits per heavy atom. The van der Waals surface area contributed by atoms with Gasteiger partial charge in [0.2, 0.25) is 0 Å². The van der Waals surface area contributed by atoms with Crippen LogP contribution in [0.5, 0.6) is 0 Å². The van der Waals surface area contributed by atoms with E-state index < -0.39 is 18.8 Å². The minimum Gasteiger partial charge on any atom is -0.446 e. The van der Waals surface area contributed by atoms with Crippen molar-refractivity contribution in [2.24, 2.45) is 0 Å². The summed E-state index contributed by atoms with van der Waals surface area (Å²) in [5, 5.41) is 18.6. The molecule has 0 bridgehead atoms. The van der Waals surface area contributed by atoms with Gasteiger partial charge in [-0.1, -0.05) is 19.0 Å². The van der Waals surface area contributed by atoms with Gasteiger partial charge in [-0.05, 0) is 30.1 Å². The summed E-state index contributed by atoms with van der Waals surface area (Å²) in [6.07, 6.45) is -3.58. The van der Waals surface area contributed by atoms with Crippen LogP contribution in [0.1, 0.15) is 11.4 Å². The zero-order valence-corrected chi connectivity index (χ0v) is 13.5. The van der Waals surface area contributed by atoms with Gasteiger partial charge < -0.3 is 10.8 Å². The Bertz CT molecular complexity index is 960. The molecule has 2 aromatic heterocycles. The molecule has 0 saturated carbocycles. The lowest BCUT2D eigenvalue weighted by molar-refractivity contribution is -0.140. The van der Waals surface area contributed by atoms with Crippen LogP contribution in [0.15, 0.2) is 30.5 Å². The van der Waals surface area contributed by atoms with Crippen molar-refractivity contribution in [3.05, 3.63) is 41.9 Å². The summed E-state index contributed by atoms with van der Waals surface area (Å²) in [7, 11) is 0. The van der Waals surface area contributed by atoms with Crippen LogP contribution in [0.4, 0.5) is 19.0 Å². The minimum atomic E-state index is -4.62. The quantitative estimate of drug-likeness (QED) is 0.696. The topological polar surface area (TPSA) is 84.9 Å². The molecule has 3 aromatic rings. The first-order valence-electron chi connectivity index (χ1n) is 7.46. The lowest BCUT2D eigenvalue weighted by Gasteiger charge is -2.15. The summed E-state index contributed by atoms with van der Waals surface area (Å²) in [6.45, 7) is 2.24. The van der Waals surface area contributed by atoms with Crippen molar-refractivity contribution >= 4 is 29.0 Å². The number of rotatable bonds is 2.